The summed E-state index contributed by atoms with van der Waals surface area (Å²) in [6.45, 7) is 0.000180. The lowest BCUT2D eigenvalue weighted by atomic mass is 10.0. The molecule has 0 atom stereocenters. The van der Waals surface area contributed by atoms with Crippen molar-refractivity contribution in [1.29, 1.82) is 0 Å². The summed E-state index contributed by atoms with van der Waals surface area (Å²) in [5.41, 5.74) is 0.524. The Morgan fingerprint density at radius 3 is 2.54 bits per heavy atom. The molecule has 0 aliphatic carbocycles. The van der Waals surface area contributed by atoms with E-state index in [1.165, 1.54) is 4.90 Å². The largest absolute Gasteiger partial charge is 0.511 e. The normalized spacial score (nSPS) is 14.7. The molecule has 1 aromatic rings. The standard InChI is InChI=1S/C16H18N2O5S/c1-24-11-4-2-10(3-5-11)9-18-7-6-12(19)14(16(18)23)15(22)17-8-13(20)21/h2-5,19H,6-9H2,1H3,(H,17,22)(H,20,21). The minimum Gasteiger partial charge on any atom is -0.511 e. The number of aliphatic carboxylic acids is 1. The van der Waals surface area contributed by atoms with Gasteiger partial charge in [-0.1, -0.05) is 12.1 Å². The van der Waals surface area contributed by atoms with Gasteiger partial charge in [0, 0.05) is 24.4 Å². The van der Waals surface area contributed by atoms with Crippen LogP contribution in [0.5, 0.6) is 0 Å². The third-order valence-corrected chi connectivity index (χ3v) is 4.31. The van der Waals surface area contributed by atoms with Crippen LogP contribution in [0.2, 0.25) is 0 Å². The predicted octanol–water partition coefficient (Wildman–Crippen LogP) is 1.15. The summed E-state index contributed by atoms with van der Waals surface area (Å²) in [6, 6.07) is 7.70. The second kappa shape index (κ2) is 7.87. The summed E-state index contributed by atoms with van der Waals surface area (Å²) in [5.74, 6) is -3.01. The van der Waals surface area contributed by atoms with Crippen LogP contribution in [0.15, 0.2) is 40.5 Å². The van der Waals surface area contributed by atoms with Crippen LogP contribution in [0.25, 0.3) is 0 Å². The van der Waals surface area contributed by atoms with Crippen molar-refractivity contribution >= 4 is 29.5 Å². The first-order chi connectivity index (χ1) is 11.4. The summed E-state index contributed by atoms with van der Waals surface area (Å²) in [7, 11) is 0. The van der Waals surface area contributed by atoms with Gasteiger partial charge >= 0.3 is 5.97 Å². The predicted molar refractivity (Wildman–Crippen MR) is 88.6 cm³/mol. The number of hydrogen-bond donors (Lipinski definition) is 3. The number of nitrogens with zero attached hydrogens (tertiary/aromatic N) is 1. The van der Waals surface area contributed by atoms with Crippen molar-refractivity contribution in [1.82, 2.24) is 10.2 Å². The number of carbonyl (C=O) groups is 3. The summed E-state index contributed by atoms with van der Waals surface area (Å²) in [6.07, 6.45) is 2.13. The zero-order valence-electron chi connectivity index (χ0n) is 13.1. The van der Waals surface area contributed by atoms with Crippen molar-refractivity contribution in [3.8, 4) is 0 Å². The number of carboxylic acid groups (broad SMARTS) is 1. The van der Waals surface area contributed by atoms with E-state index in [0.29, 0.717) is 13.1 Å². The van der Waals surface area contributed by atoms with Gasteiger partial charge in [-0.25, -0.2) is 0 Å². The number of amides is 2. The SMILES string of the molecule is CSc1ccc(CN2CCC(O)=C(C(=O)NCC(=O)O)C2=O)cc1. The minimum absolute atomic E-state index is 0.157. The fraction of sp³-hybridized carbons (Fsp3) is 0.312. The quantitative estimate of drug-likeness (QED) is 0.525. The van der Waals surface area contributed by atoms with Crippen LogP contribution >= 0.6 is 11.8 Å². The third kappa shape index (κ3) is 4.29. The molecule has 0 radical (unpaired) electrons. The topological polar surface area (TPSA) is 107 Å². The molecule has 0 unspecified atom stereocenters. The summed E-state index contributed by atoms with van der Waals surface area (Å²) >= 11 is 1.61. The molecule has 1 aromatic carbocycles. The molecule has 2 amide bonds. The van der Waals surface area contributed by atoms with E-state index >= 15 is 0 Å². The Morgan fingerprint density at radius 1 is 1.29 bits per heavy atom. The van der Waals surface area contributed by atoms with E-state index in [1.54, 1.807) is 11.8 Å². The van der Waals surface area contributed by atoms with Crippen LogP contribution in [-0.2, 0) is 20.9 Å². The number of rotatable bonds is 6. The molecule has 0 bridgehead atoms. The van der Waals surface area contributed by atoms with Gasteiger partial charge in [0.15, 0.2) is 0 Å². The van der Waals surface area contributed by atoms with Crippen molar-refractivity contribution in [2.75, 3.05) is 19.3 Å². The molecule has 0 aromatic heterocycles. The molecule has 1 aliphatic heterocycles. The Hall–Kier alpha value is -2.48. The maximum atomic E-state index is 12.4. The molecule has 8 heteroatoms. The monoisotopic (exact) mass is 350 g/mol. The minimum atomic E-state index is -1.22. The number of carboxylic acids is 1. The lowest BCUT2D eigenvalue weighted by Gasteiger charge is -2.28. The Labute approximate surface area is 143 Å². The van der Waals surface area contributed by atoms with E-state index in [2.05, 4.69) is 5.32 Å². The molecular formula is C16H18N2O5S. The molecule has 7 nitrogen and oxygen atoms in total. The number of nitrogens with one attached hydrogen (secondary N) is 1. The van der Waals surface area contributed by atoms with Crippen LogP contribution < -0.4 is 5.32 Å². The molecule has 1 aliphatic rings. The first-order valence-electron chi connectivity index (χ1n) is 7.26. The number of thioether (sulfide) groups is 1. The molecule has 0 saturated heterocycles. The number of aliphatic hydroxyl groups is 1. The maximum absolute atomic E-state index is 12.4. The van der Waals surface area contributed by atoms with E-state index in [0.717, 1.165) is 10.5 Å². The van der Waals surface area contributed by atoms with E-state index in [1.807, 2.05) is 30.5 Å². The van der Waals surface area contributed by atoms with Gasteiger partial charge in [0.25, 0.3) is 11.8 Å². The van der Waals surface area contributed by atoms with Crippen molar-refractivity contribution in [3.05, 3.63) is 41.2 Å². The fourth-order valence-electron chi connectivity index (χ4n) is 2.32. The van der Waals surface area contributed by atoms with Gasteiger partial charge in [-0.05, 0) is 24.0 Å². The fourth-order valence-corrected chi connectivity index (χ4v) is 2.73. The first-order valence-corrected chi connectivity index (χ1v) is 8.49. The number of carbonyl (C=O) groups excluding carboxylic acids is 2. The molecule has 1 heterocycles. The summed E-state index contributed by atoms with van der Waals surface area (Å²) < 4.78 is 0. The number of hydrogen-bond acceptors (Lipinski definition) is 5. The summed E-state index contributed by atoms with van der Waals surface area (Å²) in [4.78, 5) is 37.5. The van der Waals surface area contributed by atoms with Gasteiger partial charge in [-0.3, -0.25) is 14.4 Å². The van der Waals surface area contributed by atoms with Crippen LogP contribution in [0.3, 0.4) is 0 Å². The van der Waals surface area contributed by atoms with Gasteiger partial charge < -0.3 is 20.4 Å². The highest BCUT2D eigenvalue weighted by Gasteiger charge is 2.32. The van der Waals surface area contributed by atoms with Crippen LogP contribution in [0, 0.1) is 0 Å². The lowest BCUT2D eigenvalue weighted by molar-refractivity contribution is -0.138. The van der Waals surface area contributed by atoms with Gasteiger partial charge in [0.2, 0.25) is 0 Å². The number of aliphatic hydroxyl groups excluding tert-OH is 1. The first kappa shape index (κ1) is 17.9. The van der Waals surface area contributed by atoms with E-state index < -0.39 is 24.3 Å². The van der Waals surface area contributed by atoms with E-state index in [4.69, 9.17) is 5.11 Å². The Bertz CT molecular complexity index is 684. The molecule has 0 saturated carbocycles. The highest BCUT2D eigenvalue weighted by Crippen LogP contribution is 2.21. The van der Waals surface area contributed by atoms with E-state index in [-0.39, 0.29) is 17.8 Å². The van der Waals surface area contributed by atoms with Gasteiger partial charge in [0.05, 0.1) is 0 Å². The third-order valence-electron chi connectivity index (χ3n) is 3.57. The molecule has 128 valence electrons. The summed E-state index contributed by atoms with van der Waals surface area (Å²) in [5, 5.41) is 20.5. The zero-order chi connectivity index (χ0) is 17.7. The molecular weight excluding hydrogens is 332 g/mol. The highest BCUT2D eigenvalue weighted by molar-refractivity contribution is 7.98. The Balaban J connectivity index is 2.09. The van der Waals surface area contributed by atoms with Crippen molar-refractivity contribution < 1.29 is 24.6 Å². The Kier molecular flexibility index (Phi) is 5.86. The Morgan fingerprint density at radius 2 is 1.96 bits per heavy atom. The van der Waals surface area contributed by atoms with Crippen LogP contribution in [-0.4, -0.2) is 52.2 Å². The molecule has 24 heavy (non-hydrogen) atoms. The zero-order valence-corrected chi connectivity index (χ0v) is 13.9. The number of benzene rings is 1. The highest BCUT2D eigenvalue weighted by atomic mass is 32.2. The van der Waals surface area contributed by atoms with Crippen LogP contribution in [0.4, 0.5) is 0 Å². The maximum Gasteiger partial charge on any atom is 0.322 e. The van der Waals surface area contributed by atoms with Crippen LogP contribution in [0.1, 0.15) is 12.0 Å². The average Bonchev–Trinajstić information content (AvgIpc) is 2.56. The molecule has 2 rings (SSSR count). The molecule has 0 fully saturated rings. The molecule has 0 spiro atoms. The second-order valence-corrected chi connectivity index (χ2v) is 6.10. The van der Waals surface area contributed by atoms with Gasteiger partial charge in [0.1, 0.15) is 17.9 Å². The van der Waals surface area contributed by atoms with Crippen molar-refractivity contribution in [2.24, 2.45) is 0 Å². The average molecular weight is 350 g/mol. The smallest absolute Gasteiger partial charge is 0.322 e. The lowest BCUT2D eigenvalue weighted by Crippen LogP contribution is -2.43. The van der Waals surface area contributed by atoms with Gasteiger partial charge in [-0.15, -0.1) is 11.8 Å². The second-order valence-electron chi connectivity index (χ2n) is 5.22. The molecule has 3 N–H and O–H groups in total. The van der Waals surface area contributed by atoms with Crippen molar-refractivity contribution in [3.63, 3.8) is 0 Å². The van der Waals surface area contributed by atoms with E-state index in [9.17, 15) is 19.5 Å². The van der Waals surface area contributed by atoms with Gasteiger partial charge in [-0.2, -0.15) is 0 Å². The van der Waals surface area contributed by atoms with Crippen molar-refractivity contribution in [2.45, 2.75) is 17.9 Å².